The molecular weight excluding hydrogens is 1270 g/mol. The van der Waals surface area contributed by atoms with Crippen molar-refractivity contribution >= 4 is 83.5 Å². The monoisotopic (exact) mass is 1380 g/mol. The zero-order chi connectivity index (χ0) is 71.6. The van der Waals surface area contributed by atoms with Gasteiger partial charge in [0, 0.05) is 148 Å². The first-order valence-corrected chi connectivity index (χ1v) is 38.7. The third-order valence-electron chi connectivity index (χ3n) is 17.8. The van der Waals surface area contributed by atoms with Gasteiger partial charge in [-0.25, -0.2) is 21.4 Å². The Balaban J connectivity index is 1.02. The smallest absolute Gasteiger partial charge is 0.254 e. The van der Waals surface area contributed by atoms with Gasteiger partial charge in [0.25, 0.3) is 5.91 Å². The van der Waals surface area contributed by atoms with E-state index in [9.17, 15) is 59.7 Å². The van der Waals surface area contributed by atoms with Crippen LogP contribution in [0.2, 0.25) is 0 Å². The summed E-state index contributed by atoms with van der Waals surface area (Å²) in [5.41, 5.74) is 4.84. The third kappa shape index (κ3) is 26.9. The second kappa shape index (κ2) is 39.5. The molecule has 5 rings (SSSR count). The highest BCUT2D eigenvalue weighted by Gasteiger charge is 2.32. The van der Waals surface area contributed by atoms with Crippen molar-refractivity contribution in [2.45, 2.75) is 190 Å². The van der Waals surface area contributed by atoms with Crippen LogP contribution < -0.4 is 30.8 Å². The van der Waals surface area contributed by atoms with Crippen LogP contribution in [0.1, 0.15) is 189 Å². The number of carbonyl (C=O) groups excluding carboxylic acids is 8. The first-order chi connectivity index (χ1) is 45.9. The van der Waals surface area contributed by atoms with Gasteiger partial charge in [0.2, 0.25) is 29.0 Å². The molecule has 2 aromatic rings. The number of carbonyl (C=O) groups is 8. The molecule has 2 aliphatic heterocycles. The van der Waals surface area contributed by atoms with Gasteiger partial charge in [0.1, 0.15) is 42.0 Å². The average molecular weight is 1380 g/mol. The Morgan fingerprint density at radius 3 is 1.87 bits per heavy atom. The van der Waals surface area contributed by atoms with Crippen LogP contribution in [0.4, 0.5) is 5.69 Å². The minimum Gasteiger partial charge on any atom is -0.748 e. The van der Waals surface area contributed by atoms with E-state index < -0.39 is 55.5 Å². The summed E-state index contributed by atoms with van der Waals surface area (Å²) in [7, 11) is -8.33. The number of rotatable bonds is 42. The SMILES string of the molecule is CCN(CC)c1ccc2c(-c3ccccc3C(=O)N3CCN(C(=O)CCCCC(=O)N[C@@H](CS(=O)(=O)[O-])C(=O)NCCCCC(=O)CCCCCC(=O)C[C@@H](CC(C)C)C(=O)N[C@@H](CC(C)C)C(=O)C[C@H](/C=C/S(C)(=O)=O)CC(C)C)CC3)c3ccc(=[N+](CC)CC)cc-3oc2c1. The van der Waals surface area contributed by atoms with Gasteiger partial charge in [0.15, 0.2) is 15.6 Å². The summed E-state index contributed by atoms with van der Waals surface area (Å²) in [5, 5.41) is 10.9. The molecule has 21 nitrogen and oxygen atoms in total. The lowest BCUT2D eigenvalue weighted by atomic mass is 9.87. The van der Waals surface area contributed by atoms with E-state index in [1.165, 1.54) is 0 Å². The van der Waals surface area contributed by atoms with Crippen molar-refractivity contribution in [3.63, 3.8) is 0 Å². The van der Waals surface area contributed by atoms with Gasteiger partial charge in [0.05, 0.1) is 28.0 Å². The number of fused-ring (bicyclic) bond motifs is 2. The fourth-order valence-corrected chi connectivity index (χ4v) is 13.9. The van der Waals surface area contributed by atoms with E-state index in [2.05, 4.69) is 89.5 Å². The normalized spacial score (nSPS) is 14.3. The van der Waals surface area contributed by atoms with Gasteiger partial charge in [-0.3, -0.25) is 38.4 Å². The van der Waals surface area contributed by atoms with E-state index in [1.54, 1.807) is 15.9 Å². The summed E-state index contributed by atoms with van der Waals surface area (Å²) in [6.07, 6.45) is 7.95. The number of nitrogens with zero attached hydrogens (tertiary/aromatic N) is 4. The quantitative estimate of drug-likeness (QED) is 0.0161. The highest BCUT2D eigenvalue weighted by atomic mass is 32.2. The van der Waals surface area contributed by atoms with Crippen LogP contribution >= 0.6 is 0 Å². The van der Waals surface area contributed by atoms with Crippen molar-refractivity contribution in [1.82, 2.24) is 30.3 Å². The number of nitrogens with one attached hydrogen (secondary N) is 3. The van der Waals surface area contributed by atoms with Crippen molar-refractivity contribution in [1.29, 1.82) is 0 Å². The Morgan fingerprint density at radius 1 is 0.639 bits per heavy atom. The number of amides is 5. The molecule has 5 amide bonds. The van der Waals surface area contributed by atoms with E-state index in [0.29, 0.717) is 101 Å². The zero-order valence-electron chi connectivity index (χ0n) is 59.4. The molecule has 23 heteroatoms. The molecule has 0 unspecified atom stereocenters. The van der Waals surface area contributed by atoms with Gasteiger partial charge in [-0.2, -0.15) is 0 Å². The molecule has 3 aliphatic rings. The summed E-state index contributed by atoms with van der Waals surface area (Å²) in [5.74, 6) is -3.45. The molecule has 2 heterocycles. The molecule has 1 saturated heterocycles. The highest BCUT2D eigenvalue weighted by Crippen LogP contribution is 2.42. The van der Waals surface area contributed by atoms with Crippen molar-refractivity contribution in [2.75, 3.05) is 75.8 Å². The van der Waals surface area contributed by atoms with E-state index in [1.807, 2.05) is 65.8 Å². The van der Waals surface area contributed by atoms with Gasteiger partial charge in [-0.05, 0) is 139 Å². The Hall–Kier alpha value is -7.11. The lowest BCUT2D eigenvalue weighted by Gasteiger charge is -2.35. The number of hydrogen-bond donors (Lipinski definition) is 3. The molecule has 3 N–H and O–H groups in total. The summed E-state index contributed by atoms with van der Waals surface area (Å²) in [6.45, 7) is 24.9. The van der Waals surface area contributed by atoms with Gasteiger partial charge < -0.3 is 39.6 Å². The second-order valence-corrected chi connectivity index (χ2v) is 30.7. The molecule has 97 heavy (non-hydrogen) atoms. The molecule has 0 bridgehead atoms. The lowest BCUT2D eigenvalue weighted by Crippen LogP contribution is -2.50. The number of Topliss-reactive ketones (excluding diaryl/α,β-unsaturated/α-hetero) is 3. The number of piperazine rings is 1. The van der Waals surface area contributed by atoms with Gasteiger partial charge in [-0.15, -0.1) is 0 Å². The van der Waals surface area contributed by atoms with Crippen LogP contribution in [0.25, 0.3) is 33.4 Å². The van der Waals surface area contributed by atoms with E-state index in [-0.39, 0.29) is 117 Å². The van der Waals surface area contributed by atoms with Crippen LogP contribution in [0, 0.1) is 29.6 Å². The molecule has 0 radical (unpaired) electrons. The predicted octanol–water partition coefficient (Wildman–Crippen LogP) is 9.88. The summed E-state index contributed by atoms with van der Waals surface area (Å²) >= 11 is 0. The fourth-order valence-electron chi connectivity index (χ4n) is 12.8. The number of anilines is 1. The van der Waals surface area contributed by atoms with Crippen LogP contribution in [-0.4, -0.2) is 161 Å². The van der Waals surface area contributed by atoms with Gasteiger partial charge in [-0.1, -0.05) is 72.2 Å². The lowest BCUT2D eigenvalue weighted by molar-refractivity contribution is -0.133. The first-order valence-electron chi connectivity index (χ1n) is 35.2. The van der Waals surface area contributed by atoms with Crippen LogP contribution in [0.15, 0.2) is 76.6 Å². The molecule has 0 aromatic heterocycles. The molecule has 2 aromatic carbocycles. The maximum atomic E-state index is 14.6. The number of allylic oxidation sites excluding steroid dienone is 1. The number of hydrogen-bond acceptors (Lipinski definition) is 15. The molecule has 4 atom stereocenters. The first kappa shape index (κ1) is 80.6. The Bertz CT molecular complexity index is 3620. The number of ketones is 3. The molecule has 536 valence electrons. The maximum absolute atomic E-state index is 14.6. The van der Waals surface area contributed by atoms with Crippen molar-refractivity contribution in [2.24, 2.45) is 29.6 Å². The third-order valence-corrected chi connectivity index (χ3v) is 19.2. The average Bonchev–Trinajstić information content (AvgIpc) is 0.745. The largest absolute Gasteiger partial charge is 0.748 e. The standard InChI is InChI=1S/C74H109N7O14S2/c1-12-78(13-2)56-32-34-62-67(48-56)95-68-49-57(79(14-3)15-4)33-35-63(68)71(62)60-28-19-20-29-61(60)74(89)81-40-38-80(39-41-81)70(86)31-22-21-30-69(85)76-65(50-97(92,93)94)73(88)75-37-24-23-26-58(82)25-17-16-18-27-59(83)47-55(44-52(7)8)72(87)77-64(45-53(9)10)66(84)46-54(43-51(5)6)36-42-96(11,90)91/h19-20,28-29,32-36,42,48-49,51-55,64-65H,12-18,21-27,30-31,37-41,43-47,50H2,1-11H3,(H3-,75,76,77,85,87,88,92,93,94)/b42-36+/t54-,55-,64+,65+/m1/s1. The number of unbranched alkanes of at least 4 members (excludes halogenated alkanes) is 4. The molecule has 0 saturated carbocycles. The zero-order valence-corrected chi connectivity index (χ0v) is 61.0. The van der Waals surface area contributed by atoms with Gasteiger partial charge >= 0.3 is 0 Å². The van der Waals surface area contributed by atoms with E-state index >= 15 is 0 Å². The number of sulfone groups is 1. The minimum atomic E-state index is -4.94. The van der Waals surface area contributed by atoms with Crippen LogP contribution in [0.3, 0.4) is 0 Å². The molecule has 0 spiro atoms. The maximum Gasteiger partial charge on any atom is 0.254 e. The van der Waals surface area contributed by atoms with E-state index in [4.69, 9.17) is 4.42 Å². The van der Waals surface area contributed by atoms with Crippen molar-refractivity contribution in [3.8, 4) is 22.5 Å². The van der Waals surface area contributed by atoms with E-state index in [0.717, 1.165) is 71.0 Å². The number of benzene rings is 3. The second-order valence-electron chi connectivity index (χ2n) is 27.3. The van der Waals surface area contributed by atoms with Crippen molar-refractivity contribution < 1.29 is 64.2 Å². The Labute approximate surface area is 576 Å². The summed E-state index contributed by atoms with van der Waals surface area (Å²) < 4.78 is 68.1. The molecule has 1 aliphatic carbocycles. The molecular formula is C74H109N7O14S2. The summed E-state index contributed by atoms with van der Waals surface area (Å²) in [4.78, 5) is 113. The van der Waals surface area contributed by atoms with Crippen molar-refractivity contribution in [3.05, 3.63) is 83.1 Å². The Kier molecular flexibility index (Phi) is 32.8. The Morgan fingerprint density at radius 2 is 1.25 bits per heavy atom. The minimum absolute atomic E-state index is 0.00572. The molecule has 1 fully saturated rings. The summed E-state index contributed by atoms with van der Waals surface area (Å²) in [6, 6.07) is 17.7. The predicted molar refractivity (Wildman–Crippen MR) is 381 cm³/mol. The van der Waals surface area contributed by atoms with Crippen LogP contribution in [-0.2, 0) is 53.5 Å². The topological polar surface area (TPSA) is 290 Å². The highest BCUT2D eigenvalue weighted by molar-refractivity contribution is 7.93. The van der Waals surface area contributed by atoms with Crippen LogP contribution in [0.5, 0.6) is 0 Å². The fraction of sp³-hybridized carbons (Fsp3) is 0.608.